The van der Waals surface area contributed by atoms with E-state index < -0.39 is 5.97 Å². The zero-order valence-electron chi connectivity index (χ0n) is 13.3. The molecule has 0 atom stereocenters. The van der Waals surface area contributed by atoms with E-state index in [0.29, 0.717) is 21.2 Å². The number of aryl methyl sites for hydroxylation is 2. The molecule has 3 rings (SSSR count). The standard InChI is InChI=1S/C18H17ClO4S/c1-22-15-7-6-11(8-13(15)19)14(20)10-23-18(21)17-9-12-4-2-3-5-16(12)24-17/h6-9H,2-5,10H2,1H3. The van der Waals surface area contributed by atoms with Crippen molar-refractivity contribution in [2.24, 2.45) is 0 Å². The fourth-order valence-corrected chi connectivity index (χ4v) is 4.12. The number of esters is 1. The molecule has 0 aliphatic heterocycles. The van der Waals surface area contributed by atoms with Crippen molar-refractivity contribution in [3.63, 3.8) is 0 Å². The van der Waals surface area contributed by atoms with Crippen molar-refractivity contribution in [3.8, 4) is 5.75 Å². The van der Waals surface area contributed by atoms with Gasteiger partial charge in [-0.15, -0.1) is 11.3 Å². The average Bonchev–Trinajstić information content (AvgIpc) is 3.03. The lowest BCUT2D eigenvalue weighted by molar-refractivity contribution is 0.0479. The molecule has 0 saturated heterocycles. The maximum absolute atomic E-state index is 12.2. The van der Waals surface area contributed by atoms with Gasteiger partial charge in [-0.3, -0.25) is 4.79 Å². The topological polar surface area (TPSA) is 52.6 Å². The molecule has 4 nitrogen and oxygen atoms in total. The Morgan fingerprint density at radius 3 is 2.71 bits per heavy atom. The van der Waals surface area contributed by atoms with Crippen LogP contribution in [0, 0.1) is 0 Å². The molecule has 24 heavy (non-hydrogen) atoms. The first-order chi connectivity index (χ1) is 11.6. The van der Waals surface area contributed by atoms with Gasteiger partial charge in [0.2, 0.25) is 0 Å². The lowest BCUT2D eigenvalue weighted by atomic mass is 9.99. The minimum Gasteiger partial charge on any atom is -0.495 e. The molecule has 0 bridgehead atoms. The third kappa shape index (κ3) is 3.62. The molecule has 126 valence electrons. The van der Waals surface area contributed by atoms with Crippen LogP contribution in [0.25, 0.3) is 0 Å². The number of hydrogen-bond donors (Lipinski definition) is 0. The van der Waals surface area contributed by atoms with Crippen LogP contribution >= 0.6 is 22.9 Å². The number of ketones is 1. The summed E-state index contributed by atoms with van der Waals surface area (Å²) >= 11 is 7.48. The Morgan fingerprint density at radius 1 is 1.21 bits per heavy atom. The molecule has 1 aromatic heterocycles. The summed E-state index contributed by atoms with van der Waals surface area (Å²) in [6.45, 7) is -0.302. The highest BCUT2D eigenvalue weighted by molar-refractivity contribution is 7.14. The lowest BCUT2D eigenvalue weighted by Crippen LogP contribution is -2.13. The summed E-state index contributed by atoms with van der Waals surface area (Å²) in [5, 5.41) is 0.348. The van der Waals surface area contributed by atoms with Crippen LogP contribution in [-0.4, -0.2) is 25.5 Å². The monoisotopic (exact) mass is 364 g/mol. The highest BCUT2D eigenvalue weighted by atomic mass is 35.5. The van der Waals surface area contributed by atoms with Gasteiger partial charge in [0.05, 0.1) is 12.1 Å². The summed E-state index contributed by atoms with van der Waals surface area (Å²) in [6.07, 6.45) is 4.37. The predicted octanol–water partition coefficient (Wildman–Crippen LogP) is 4.33. The molecule has 1 aliphatic rings. The van der Waals surface area contributed by atoms with Crippen molar-refractivity contribution < 1.29 is 19.1 Å². The molecule has 0 spiro atoms. The lowest BCUT2D eigenvalue weighted by Gasteiger charge is -2.08. The summed E-state index contributed by atoms with van der Waals surface area (Å²) in [5.41, 5.74) is 1.63. The number of Topliss-reactive ketones (excluding diaryl/α,β-unsaturated/α-hetero) is 1. The van der Waals surface area contributed by atoms with E-state index in [-0.39, 0.29) is 12.4 Å². The molecule has 0 saturated carbocycles. The minimum absolute atomic E-state index is 0.297. The largest absolute Gasteiger partial charge is 0.495 e. The molecule has 1 heterocycles. The number of fused-ring (bicyclic) bond motifs is 1. The summed E-state index contributed by atoms with van der Waals surface area (Å²) < 4.78 is 10.2. The van der Waals surface area contributed by atoms with Gasteiger partial charge < -0.3 is 9.47 Å². The molecular formula is C18H17ClO4S. The van der Waals surface area contributed by atoms with E-state index >= 15 is 0 Å². The molecule has 1 aromatic carbocycles. The van der Waals surface area contributed by atoms with Crippen molar-refractivity contribution >= 4 is 34.7 Å². The Hall–Kier alpha value is -1.85. The Balaban J connectivity index is 1.62. The van der Waals surface area contributed by atoms with Crippen molar-refractivity contribution in [2.75, 3.05) is 13.7 Å². The normalized spacial score (nSPS) is 13.2. The average molecular weight is 365 g/mol. The zero-order chi connectivity index (χ0) is 17.1. The van der Waals surface area contributed by atoms with Crippen molar-refractivity contribution in [3.05, 3.63) is 50.2 Å². The van der Waals surface area contributed by atoms with Crippen molar-refractivity contribution in [1.29, 1.82) is 0 Å². The molecule has 2 aromatic rings. The van der Waals surface area contributed by atoms with E-state index in [2.05, 4.69) is 0 Å². The number of carbonyl (C=O) groups is 2. The van der Waals surface area contributed by atoms with Crippen LogP contribution in [0.1, 0.15) is 43.3 Å². The van der Waals surface area contributed by atoms with Gasteiger partial charge in [-0.05, 0) is 55.5 Å². The van der Waals surface area contributed by atoms with Gasteiger partial charge in [-0.2, -0.15) is 0 Å². The third-order valence-electron chi connectivity index (χ3n) is 4.01. The summed E-state index contributed by atoms with van der Waals surface area (Å²) in [7, 11) is 1.51. The Labute approximate surface area is 149 Å². The van der Waals surface area contributed by atoms with Crippen LogP contribution in [0.5, 0.6) is 5.75 Å². The molecule has 0 radical (unpaired) electrons. The number of carbonyl (C=O) groups excluding carboxylic acids is 2. The van der Waals surface area contributed by atoms with Gasteiger partial charge in [0.25, 0.3) is 0 Å². The van der Waals surface area contributed by atoms with Gasteiger partial charge in [0, 0.05) is 10.4 Å². The van der Waals surface area contributed by atoms with Crippen molar-refractivity contribution in [2.45, 2.75) is 25.7 Å². The molecule has 6 heteroatoms. The first kappa shape index (κ1) is 17.0. The van der Waals surface area contributed by atoms with E-state index in [1.165, 1.54) is 41.4 Å². The highest BCUT2D eigenvalue weighted by Gasteiger charge is 2.19. The molecule has 0 unspecified atom stereocenters. The first-order valence-corrected chi connectivity index (χ1v) is 8.93. The van der Waals surface area contributed by atoms with Crippen LogP contribution in [0.2, 0.25) is 5.02 Å². The second-order valence-electron chi connectivity index (χ2n) is 5.61. The summed E-state index contributed by atoms with van der Waals surface area (Å²) in [6, 6.07) is 6.63. The molecular weight excluding hydrogens is 348 g/mol. The van der Waals surface area contributed by atoms with E-state index in [1.54, 1.807) is 12.1 Å². The van der Waals surface area contributed by atoms with Crippen LogP contribution in [0.15, 0.2) is 24.3 Å². The number of ether oxygens (including phenoxy) is 2. The van der Waals surface area contributed by atoms with Gasteiger partial charge in [-0.1, -0.05) is 11.6 Å². The second kappa shape index (κ2) is 7.36. The van der Waals surface area contributed by atoms with Gasteiger partial charge in [0.1, 0.15) is 10.6 Å². The SMILES string of the molecule is COc1ccc(C(=O)COC(=O)c2cc3c(s2)CCCC3)cc1Cl. The number of halogens is 1. The van der Waals surface area contributed by atoms with Crippen molar-refractivity contribution in [1.82, 2.24) is 0 Å². The number of methoxy groups -OCH3 is 1. The van der Waals surface area contributed by atoms with E-state index in [9.17, 15) is 9.59 Å². The Bertz CT molecular complexity index is 758. The van der Waals surface area contributed by atoms with Gasteiger partial charge in [0.15, 0.2) is 12.4 Å². The number of thiophene rings is 1. The van der Waals surface area contributed by atoms with Crippen LogP contribution in [0.4, 0.5) is 0 Å². The maximum atomic E-state index is 12.2. The zero-order valence-corrected chi connectivity index (χ0v) is 14.8. The van der Waals surface area contributed by atoms with Crippen LogP contribution < -0.4 is 4.74 Å². The summed E-state index contributed by atoms with van der Waals surface area (Å²) in [4.78, 5) is 26.1. The number of rotatable bonds is 5. The molecule has 1 aliphatic carbocycles. The third-order valence-corrected chi connectivity index (χ3v) is 5.52. The number of benzene rings is 1. The fraction of sp³-hybridized carbons (Fsp3) is 0.333. The van der Waals surface area contributed by atoms with Gasteiger partial charge in [-0.25, -0.2) is 4.79 Å². The van der Waals surface area contributed by atoms with Gasteiger partial charge >= 0.3 is 5.97 Å². The quantitative estimate of drug-likeness (QED) is 0.585. The Morgan fingerprint density at radius 2 is 2.00 bits per heavy atom. The highest BCUT2D eigenvalue weighted by Crippen LogP contribution is 2.30. The Kier molecular flexibility index (Phi) is 5.21. The van der Waals surface area contributed by atoms with Crippen LogP contribution in [-0.2, 0) is 17.6 Å². The molecule has 0 fully saturated rings. The van der Waals surface area contributed by atoms with E-state index in [1.807, 2.05) is 6.07 Å². The predicted molar refractivity (Wildman–Crippen MR) is 93.6 cm³/mol. The van der Waals surface area contributed by atoms with E-state index in [4.69, 9.17) is 21.1 Å². The second-order valence-corrected chi connectivity index (χ2v) is 7.16. The molecule has 0 amide bonds. The smallest absolute Gasteiger partial charge is 0.348 e. The van der Waals surface area contributed by atoms with E-state index in [0.717, 1.165) is 19.3 Å². The fourth-order valence-electron chi connectivity index (χ4n) is 2.72. The summed E-state index contributed by atoms with van der Waals surface area (Å²) in [5.74, 6) is -0.244. The van der Waals surface area contributed by atoms with Crippen LogP contribution in [0.3, 0.4) is 0 Å². The minimum atomic E-state index is -0.442. The maximum Gasteiger partial charge on any atom is 0.348 e. The molecule has 0 N–H and O–H groups in total. The number of hydrogen-bond acceptors (Lipinski definition) is 5. The first-order valence-electron chi connectivity index (χ1n) is 7.74.